The van der Waals surface area contributed by atoms with Crippen molar-refractivity contribution < 1.29 is 19.1 Å². The van der Waals surface area contributed by atoms with Gasteiger partial charge in [0.15, 0.2) is 0 Å². The molecule has 3 unspecified atom stereocenters. The Morgan fingerprint density at radius 2 is 1.41 bits per heavy atom. The van der Waals surface area contributed by atoms with Crippen LogP contribution in [0.25, 0.3) is 0 Å². The van der Waals surface area contributed by atoms with Crippen LogP contribution in [-0.2, 0) is 11.3 Å². The van der Waals surface area contributed by atoms with Gasteiger partial charge in [0.05, 0.1) is 17.2 Å². The van der Waals surface area contributed by atoms with E-state index in [0.29, 0.717) is 25.7 Å². The van der Waals surface area contributed by atoms with Crippen molar-refractivity contribution in [2.75, 3.05) is 0 Å². The molecule has 2 fully saturated rings. The molecule has 9 heteroatoms. The summed E-state index contributed by atoms with van der Waals surface area (Å²) in [5.74, 6) is -1.75. The van der Waals surface area contributed by atoms with Gasteiger partial charge in [-0.05, 0) is 49.3 Å². The van der Waals surface area contributed by atoms with Crippen molar-refractivity contribution >= 4 is 17.9 Å². The highest BCUT2D eigenvalue weighted by atomic mass is 16.6. The smallest absolute Gasteiger partial charge is 0.410 e. The van der Waals surface area contributed by atoms with Gasteiger partial charge < -0.3 is 9.64 Å². The normalized spacial score (nSPS) is 23.0. The first-order valence-corrected chi connectivity index (χ1v) is 12.1. The SMILES string of the molecule is N#CC(C#N)(C#N)C(C1CC2CCC(C1)N2C(=O)OCc1ccccc1)N1C(=O)c2ccccc2C1=O. The summed E-state index contributed by atoms with van der Waals surface area (Å²) < 4.78 is 5.56. The summed E-state index contributed by atoms with van der Waals surface area (Å²) in [6, 6.07) is 19.3. The molecule has 0 N–H and O–H groups in total. The highest BCUT2D eigenvalue weighted by Crippen LogP contribution is 2.46. The van der Waals surface area contributed by atoms with E-state index in [0.717, 1.165) is 10.5 Å². The number of piperidine rings is 1. The molecule has 2 aromatic rings. The van der Waals surface area contributed by atoms with Crippen molar-refractivity contribution in [3.8, 4) is 18.2 Å². The Morgan fingerprint density at radius 1 is 0.892 bits per heavy atom. The monoisotopic (exact) mass is 493 g/mol. The Kier molecular flexibility index (Phi) is 6.11. The summed E-state index contributed by atoms with van der Waals surface area (Å²) in [4.78, 5) is 42.3. The fourth-order valence-corrected chi connectivity index (χ4v) is 6.06. The number of nitrogens with zero attached hydrogens (tertiary/aromatic N) is 5. The van der Waals surface area contributed by atoms with E-state index in [1.54, 1.807) is 35.2 Å². The van der Waals surface area contributed by atoms with Crippen molar-refractivity contribution in [3.63, 3.8) is 0 Å². The van der Waals surface area contributed by atoms with E-state index < -0.39 is 35.3 Å². The second-order valence-corrected chi connectivity index (χ2v) is 9.68. The summed E-state index contributed by atoms with van der Waals surface area (Å²) >= 11 is 0. The molecular weight excluding hydrogens is 470 g/mol. The lowest BCUT2D eigenvalue weighted by atomic mass is 9.71. The molecule has 3 amide bonds. The lowest BCUT2D eigenvalue weighted by Gasteiger charge is -2.44. The average Bonchev–Trinajstić information content (AvgIpc) is 3.35. The molecule has 5 rings (SSSR count). The molecule has 9 nitrogen and oxygen atoms in total. The third-order valence-electron chi connectivity index (χ3n) is 7.71. The number of hydrogen-bond donors (Lipinski definition) is 0. The number of nitriles is 3. The van der Waals surface area contributed by atoms with E-state index in [1.165, 1.54) is 12.1 Å². The Balaban J connectivity index is 1.42. The molecule has 0 saturated carbocycles. The first kappa shape index (κ1) is 24.0. The molecule has 3 atom stereocenters. The number of benzene rings is 2. The number of ether oxygens (including phenoxy) is 1. The van der Waals surface area contributed by atoms with Gasteiger partial charge in [-0.2, -0.15) is 15.8 Å². The maximum atomic E-state index is 13.3. The van der Waals surface area contributed by atoms with E-state index in [-0.39, 0.29) is 29.8 Å². The van der Waals surface area contributed by atoms with Crippen LogP contribution in [0.3, 0.4) is 0 Å². The van der Waals surface area contributed by atoms with E-state index in [9.17, 15) is 30.2 Å². The van der Waals surface area contributed by atoms with Crippen LogP contribution in [0.1, 0.15) is 52.0 Å². The second-order valence-electron chi connectivity index (χ2n) is 9.68. The lowest BCUT2D eigenvalue weighted by molar-refractivity contribution is 0.0185. The highest BCUT2D eigenvalue weighted by molar-refractivity contribution is 6.21. The number of fused-ring (bicyclic) bond motifs is 3. The van der Waals surface area contributed by atoms with Gasteiger partial charge in [0.1, 0.15) is 24.8 Å². The first-order valence-electron chi connectivity index (χ1n) is 12.1. The molecule has 0 radical (unpaired) electrons. The average molecular weight is 494 g/mol. The third kappa shape index (κ3) is 3.88. The maximum Gasteiger partial charge on any atom is 0.410 e. The zero-order chi connectivity index (χ0) is 26.2. The van der Waals surface area contributed by atoms with E-state index in [1.807, 2.05) is 30.3 Å². The van der Waals surface area contributed by atoms with Crippen molar-refractivity contribution in [2.24, 2.45) is 11.3 Å². The quantitative estimate of drug-likeness (QED) is 0.578. The zero-order valence-electron chi connectivity index (χ0n) is 19.9. The number of rotatable bonds is 5. The fourth-order valence-electron chi connectivity index (χ4n) is 6.06. The molecule has 2 bridgehead atoms. The van der Waals surface area contributed by atoms with Crippen LogP contribution in [0.4, 0.5) is 4.79 Å². The lowest BCUT2D eigenvalue weighted by Crippen LogP contribution is -2.57. The molecule has 0 aliphatic carbocycles. The third-order valence-corrected chi connectivity index (χ3v) is 7.71. The number of imide groups is 1. The van der Waals surface area contributed by atoms with Crippen LogP contribution in [0, 0.1) is 45.3 Å². The summed E-state index contributed by atoms with van der Waals surface area (Å²) in [5.41, 5.74) is -1.01. The van der Waals surface area contributed by atoms with Crippen LogP contribution in [-0.4, -0.2) is 45.8 Å². The van der Waals surface area contributed by atoms with Gasteiger partial charge in [-0.3, -0.25) is 14.5 Å². The molecule has 184 valence electrons. The molecule has 3 aliphatic heterocycles. The second kappa shape index (κ2) is 9.41. The van der Waals surface area contributed by atoms with E-state index in [2.05, 4.69) is 0 Å². The summed E-state index contributed by atoms with van der Waals surface area (Å²) in [7, 11) is 0. The summed E-state index contributed by atoms with van der Waals surface area (Å²) in [6.45, 7) is 0.136. The van der Waals surface area contributed by atoms with Gasteiger partial charge in [-0.25, -0.2) is 4.79 Å². The summed E-state index contributed by atoms with van der Waals surface area (Å²) in [6.07, 6.45) is 1.60. The summed E-state index contributed by atoms with van der Waals surface area (Å²) in [5, 5.41) is 29.9. The van der Waals surface area contributed by atoms with Crippen LogP contribution in [0.2, 0.25) is 0 Å². The van der Waals surface area contributed by atoms with Gasteiger partial charge in [0, 0.05) is 12.1 Å². The molecule has 0 aromatic heterocycles. The van der Waals surface area contributed by atoms with E-state index >= 15 is 0 Å². The Labute approximate surface area is 214 Å². The van der Waals surface area contributed by atoms with Crippen molar-refractivity contribution in [1.29, 1.82) is 15.8 Å². The minimum Gasteiger partial charge on any atom is -0.445 e. The molecule has 3 heterocycles. The standard InChI is InChI=1S/C28H23N5O4/c29-15-28(16-30,17-31)24(33-25(34)22-8-4-5-9-23(22)26(33)35)19-12-20-10-11-21(13-19)32(20)27(36)37-14-18-6-2-1-3-7-18/h1-9,19-21,24H,10-14H2. The first-order chi connectivity index (χ1) is 17.9. The Hall–Kier alpha value is -4.68. The van der Waals surface area contributed by atoms with Crippen molar-refractivity contribution in [1.82, 2.24) is 9.80 Å². The molecule has 3 aliphatic rings. The topological polar surface area (TPSA) is 138 Å². The maximum absolute atomic E-state index is 13.3. The van der Waals surface area contributed by atoms with Crippen LogP contribution in [0.15, 0.2) is 54.6 Å². The number of hydrogen-bond acceptors (Lipinski definition) is 7. The van der Waals surface area contributed by atoms with Crippen LogP contribution in [0.5, 0.6) is 0 Å². The predicted octanol–water partition coefficient (Wildman–Crippen LogP) is 3.79. The predicted molar refractivity (Wildman–Crippen MR) is 128 cm³/mol. The Bertz CT molecular complexity index is 1300. The number of amides is 3. The van der Waals surface area contributed by atoms with Gasteiger partial charge in [0.2, 0.25) is 5.41 Å². The van der Waals surface area contributed by atoms with Crippen LogP contribution < -0.4 is 0 Å². The van der Waals surface area contributed by atoms with Crippen LogP contribution >= 0.6 is 0 Å². The molecule has 0 spiro atoms. The van der Waals surface area contributed by atoms with Crippen molar-refractivity contribution in [2.45, 2.75) is 50.4 Å². The number of carbonyl (C=O) groups is 3. The van der Waals surface area contributed by atoms with Crippen molar-refractivity contribution in [3.05, 3.63) is 71.3 Å². The molecule has 2 saturated heterocycles. The van der Waals surface area contributed by atoms with Gasteiger partial charge in [-0.15, -0.1) is 0 Å². The Morgan fingerprint density at radius 3 is 1.92 bits per heavy atom. The van der Waals surface area contributed by atoms with E-state index in [4.69, 9.17) is 4.74 Å². The molecule has 2 aromatic carbocycles. The zero-order valence-corrected chi connectivity index (χ0v) is 19.9. The fraction of sp³-hybridized carbons (Fsp3) is 0.357. The van der Waals surface area contributed by atoms with Gasteiger partial charge in [-0.1, -0.05) is 42.5 Å². The molecular formula is C28H23N5O4. The largest absolute Gasteiger partial charge is 0.445 e. The minimum absolute atomic E-state index is 0.136. The molecule has 37 heavy (non-hydrogen) atoms. The minimum atomic E-state index is -2.24. The van der Waals surface area contributed by atoms with Gasteiger partial charge in [0.25, 0.3) is 11.8 Å². The highest BCUT2D eigenvalue weighted by Gasteiger charge is 2.57. The number of carbonyl (C=O) groups excluding carboxylic acids is 3. The van der Waals surface area contributed by atoms with Gasteiger partial charge >= 0.3 is 6.09 Å².